The lowest BCUT2D eigenvalue weighted by Gasteiger charge is -2.14. The largest absolute Gasteiger partial charge is 0.493 e. The summed E-state index contributed by atoms with van der Waals surface area (Å²) in [6.45, 7) is 1.64. The molecule has 0 bridgehead atoms. The van der Waals surface area contributed by atoms with Crippen molar-refractivity contribution in [3.8, 4) is 29.6 Å². The zero-order chi connectivity index (χ0) is 20.5. The van der Waals surface area contributed by atoms with Crippen molar-refractivity contribution in [2.45, 2.75) is 13.0 Å². The van der Waals surface area contributed by atoms with Crippen LogP contribution < -0.4 is 19.6 Å². The highest BCUT2D eigenvalue weighted by molar-refractivity contribution is 6.35. The topological polar surface area (TPSA) is 69.2 Å². The molecule has 1 atom stereocenters. The lowest BCUT2D eigenvalue weighted by atomic mass is 10.2. The number of ether oxygens (including phenoxy) is 3. The molecule has 0 aliphatic rings. The minimum Gasteiger partial charge on any atom is -0.493 e. The normalized spacial score (nSPS) is 11.5. The number of terminal acetylenes is 1. The van der Waals surface area contributed by atoms with Gasteiger partial charge >= 0.3 is 0 Å². The van der Waals surface area contributed by atoms with Crippen LogP contribution in [0.25, 0.3) is 0 Å². The van der Waals surface area contributed by atoms with Crippen molar-refractivity contribution < 1.29 is 19.0 Å². The average molecular weight is 421 g/mol. The van der Waals surface area contributed by atoms with E-state index in [9.17, 15) is 4.79 Å². The third-order valence-corrected chi connectivity index (χ3v) is 4.00. The molecule has 2 aromatic rings. The van der Waals surface area contributed by atoms with E-state index in [1.54, 1.807) is 37.3 Å². The van der Waals surface area contributed by atoms with E-state index in [1.807, 2.05) is 0 Å². The van der Waals surface area contributed by atoms with E-state index in [0.29, 0.717) is 32.9 Å². The van der Waals surface area contributed by atoms with Gasteiger partial charge in [0.1, 0.15) is 12.4 Å². The predicted molar refractivity (Wildman–Crippen MR) is 110 cm³/mol. The zero-order valence-electron chi connectivity index (χ0n) is 15.2. The number of nitrogens with one attached hydrogen (secondary N) is 1. The van der Waals surface area contributed by atoms with Crippen LogP contribution in [0.15, 0.2) is 41.5 Å². The fourth-order valence-electron chi connectivity index (χ4n) is 2.13. The van der Waals surface area contributed by atoms with E-state index in [4.69, 9.17) is 43.8 Å². The summed E-state index contributed by atoms with van der Waals surface area (Å²) in [5, 5.41) is 4.72. The lowest BCUT2D eigenvalue weighted by Crippen LogP contribution is -2.33. The number of hydrogen-bond donors (Lipinski definition) is 1. The number of hydrogen-bond acceptors (Lipinski definition) is 5. The van der Waals surface area contributed by atoms with Gasteiger partial charge in [-0.05, 0) is 37.3 Å². The van der Waals surface area contributed by atoms with Gasteiger partial charge in [0.25, 0.3) is 5.91 Å². The molecule has 1 N–H and O–H groups in total. The number of carbonyl (C=O) groups is 1. The second-order valence-corrected chi connectivity index (χ2v) is 6.28. The van der Waals surface area contributed by atoms with Crippen molar-refractivity contribution in [3.63, 3.8) is 0 Å². The molecule has 0 aromatic heterocycles. The smallest absolute Gasteiger partial charge is 0.280 e. The molecule has 0 spiro atoms. The van der Waals surface area contributed by atoms with Crippen LogP contribution in [0, 0.1) is 12.3 Å². The summed E-state index contributed by atoms with van der Waals surface area (Å²) in [5.41, 5.74) is 2.99. The highest BCUT2D eigenvalue weighted by Gasteiger charge is 2.16. The van der Waals surface area contributed by atoms with Gasteiger partial charge in [-0.1, -0.05) is 35.2 Å². The molecule has 2 rings (SSSR count). The molecule has 28 heavy (non-hydrogen) atoms. The maximum absolute atomic E-state index is 12.2. The van der Waals surface area contributed by atoms with Crippen LogP contribution in [0.5, 0.6) is 17.2 Å². The number of para-hydroxylation sites is 1. The van der Waals surface area contributed by atoms with Gasteiger partial charge in [-0.25, -0.2) is 5.43 Å². The Bertz CT molecular complexity index is 910. The van der Waals surface area contributed by atoms with Crippen LogP contribution in [-0.4, -0.2) is 31.9 Å². The van der Waals surface area contributed by atoms with Gasteiger partial charge in [0.15, 0.2) is 17.6 Å². The quantitative estimate of drug-likeness (QED) is 0.399. The van der Waals surface area contributed by atoms with E-state index in [-0.39, 0.29) is 6.61 Å². The number of halogens is 2. The van der Waals surface area contributed by atoms with Crippen molar-refractivity contribution in [1.82, 2.24) is 5.43 Å². The molecule has 0 heterocycles. The van der Waals surface area contributed by atoms with Crippen LogP contribution in [0.2, 0.25) is 10.0 Å². The molecule has 0 saturated carbocycles. The summed E-state index contributed by atoms with van der Waals surface area (Å²) in [6.07, 6.45) is 5.83. The molecule has 0 aliphatic heterocycles. The molecule has 2 aromatic carbocycles. The molecule has 0 radical (unpaired) electrons. The monoisotopic (exact) mass is 420 g/mol. The molecule has 0 unspecified atom stereocenters. The summed E-state index contributed by atoms with van der Waals surface area (Å²) >= 11 is 11.9. The van der Waals surface area contributed by atoms with Crippen LogP contribution in [-0.2, 0) is 4.79 Å². The third kappa shape index (κ3) is 5.81. The molecular formula is C20H18Cl2N2O4. The first kappa shape index (κ1) is 21.4. The van der Waals surface area contributed by atoms with Crippen molar-refractivity contribution in [2.24, 2.45) is 5.10 Å². The van der Waals surface area contributed by atoms with E-state index < -0.39 is 12.0 Å². The number of rotatable bonds is 8. The van der Waals surface area contributed by atoms with Gasteiger partial charge in [-0.2, -0.15) is 5.10 Å². The van der Waals surface area contributed by atoms with E-state index in [1.165, 1.54) is 19.4 Å². The lowest BCUT2D eigenvalue weighted by molar-refractivity contribution is -0.127. The van der Waals surface area contributed by atoms with Crippen LogP contribution in [0.4, 0.5) is 0 Å². The third-order valence-electron chi connectivity index (χ3n) is 3.47. The van der Waals surface area contributed by atoms with Crippen molar-refractivity contribution in [3.05, 3.63) is 52.0 Å². The predicted octanol–water partition coefficient (Wildman–Crippen LogP) is 3.93. The maximum Gasteiger partial charge on any atom is 0.280 e. The Morgan fingerprint density at radius 3 is 2.79 bits per heavy atom. The fourth-order valence-corrected chi connectivity index (χ4v) is 2.59. The molecule has 0 aliphatic carbocycles. The van der Waals surface area contributed by atoms with Gasteiger partial charge in [0.2, 0.25) is 0 Å². The first-order valence-corrected chi connectivity index (χ1v) is 8.89. The SMILES string of the molecule is C#CCOc1c(/C=N\NC(=O)[C@@H](C)Oc2ccc(Cl)cc2Cl)cccc1OC. The van der Waals surface area contributed by atoms with E-state index in [2.05, 4.69) is 16.4 Å². The average Bonchev–Trinajstić information content (AvgIpc) is 2.68. The Balaban J connectivity index is 2.03. The van der Waals surface area contributed by atoms with Gasteiger partial charge < -0.3 is 14.2 Å². The van der Waals surface area contributed by atoms with Crippen LogP contribution >= 0.6 is 23.2 Å². The second kappa shape index (κ2) is 10.5. The van der Waals surface area contributed by atoms with Gasteiger partial charge in [0.05, 0.1) is 18.3 Å². The Kier molecular flexibility index (Phi) is 8.00. The van der Waals surface area contributed by atoms with Gasteiger partial charge in [-0.15, -0.1) is 6.42 Å². The summed E-state index contributed by atoms with van der Waals surface area (Å²) in [7, 11) is 1.52. The fraction of sp³-hybridized carbons (Fsp3) is 0.200. The van der Waals surface area contributed by atoms with E-state index >= 15 is 0 Å². The summed E-state index contributed by atoms with van der Waals surface area (Å²) in [5.74, 6) is 3.20. The number of amides is 1. The Morgan fingerprint density at radius 2 is 2.11 bits per heavy atom. The number of benzene rings is 2. The first-order valence-electron chi connectivity index (χ1n) is 8.14. The number of carbonyl (C=O) groups excluding carboxylic acids is 1. The van der Waals surface area contributed by atoms with Crippen LogP contribution in [0.3, 0.4) is 0 Å². The Labute approximate surface area is 173 Å². The van der Waals surface area contributed by atoms with Crippen molar-refractivity contribution >= 4 is 35.3 Å². The molecule has 0 saturated heterocycles. The molecule has 0 fully saturated rings. The first-order chi connectivity index (χ1) is 13.5. The van der Waals surface area contributed by atoms with Gasteiger partial charge in [-0.3, -0.25) is 4.79 Å². The van der Waals surface area contributed by atoms with Gasteiger partial charge in [0, 0.05) is 10.6 Å². The molecule has 8 heteroatoms. The van der Waals surface area contributed by atoms with Crippen molar-refractivity contribution in [1.29, 1.82) is 0 Å². The molecule has 1 amide bonds. The Morgan fingerprint density at radius 1 is 1.32 bits per heavy atom. The minimum atomic E-state index is -0.835. The number of methoxy groups -OCH3 is 1. The summed E-state index contributed by atoms with van der Waals surface area (Å²) in [4.78, 5) is 12.2. The highest BCUT2D eigenvalue weighted by Crippen LogP contribution is 2.30. The standard InChI is InChI=1S/C20H18Cl2N2O4/c1-4-10-27-19-14(6-5-7-18(19)26-3)12-23-24-20(25)13(2)28-17-9-8-15(21)11-16(17)22/h1,5-9,11-13H,10H2,2-3H3,(H,24,25)/b23-12-/t13-/m1/s1. The second-order valence-electron chi connectivity index (χ2n) is 5.44. The molecule has 146 valence electrons. The molecule has 6 nitrogen and oxygen atoms in total. The van der Waals surface area contributed by atoms with Crippen molar-refractivity contribution in [2.75, 3.05) is 13.7 Å². The van der Waals surface area contributed by atoms with E-state index in [0.717, 1.165) is 0 Å². The number of nitrogens with zero attached hydrogens (tertiary/aromatic N) is 1. The Hall–Kier alpha value is -2.88. The molecular weight excluding hydrogens is 403 g/mol. The summed E-state index contributed by atoms with van der Waals surface area (Å²) in [6, 6.07) is 9.97. The van der Waals surface area contributed by atoms with Crippen LogP contribution in [0.1, 0.15) is 12.5 Å². The highest BCUT2D eigenvalue weighted by atomic mass is 35.5. The maximum atomic E-state index is 12.2. The summed E-state index contributed by atoms with van der Waals surface area (Å²) < 4.78 is 16.3. The number of hydrazone groups is 1. The zero-order valence-corrected chi connectivity index (χ0v) is 16.8. The minimum absolute atomic E-state index is 0.0697.